The Balaban J connectivity index is 1.06. The average Bonchev–Trinajstić information content (AvgIpc) is 4.04. The number of fused-ring (bicyclic) bond motifs is 18. The normalized spacial score (nSPS) is 17.6. The van der Waals surface area contributed by atoms with Crippen molar-refractivity contribution in [3.05, 3.63) is 244 Å². The van der Waals surface area contributed by atoms with Crippen LogP contribution in [-0.2, 0) is 10.8 Å². The van der Waals surface area contributed by atoms with E-state index < -0.39 is 5.41 Å². The van der Waals surface area contributed by atoms with E-state index in [1.807, 2.05) is 0 Å². The molecule has 304 valence electrons. The Morgan fingerprint density at radius 1 is 0.531 bits per heavy atom. The lowest BCUT2D eigenvalue weighted by atomic mass is 9.70. The minimum atomic E-state index is -0.447. The summed E-state index contributed by atoms with van der Waals surface area (Å²) in [5, 5.41) is 3.56. The lowest BCUT2D eigenvalue weighted by Crippen LogP contribution is -2.27. The second-order valence-electron chi connectivity index (χ2n) is 18.9. The maximum Gasteiger partial charge on any atom is 0.142 e. The standard InChI is InChI=1S/C62H45NO/c1-61(2)50-26-10-8-23-49(50)58-54(61)30-16-32-57(58)63(56-31-14-9-22-45(56)46-24-15-25-47-48-35-33-38-17-3-4-18-40(38)59(48)64-60(46)47)39-34-36-44-43-21-7-13-29-53(43)62(55(44)37-39)51-27-11-5-19-41(51)42-20-6-12-28-52(42)62/h3-13,15-23,25-30,32-37,46H,14,24,31H2,1-2H3. The van der Waals surface area contributed by atoms with E-state index in [9.17, 15) is 0 Å². The van der Waals surface area contributed by atoms with Gasteiger partial charge < -0.3 is 9.32 Å². The molecule has 8 aromatic carbocycles. The van der Waals surface area contributed by atoms with Crippen molar-refractivity contribution in [2.75, 3.05) is 4.90 Å². The van der Waals surface area contributed by atoms with Crippen molar-refractivity contribution < 1.29 is 4.42 Å². The molecule has 64 heavy (non-hydrogen) atoms. The number of hydrogen-bond donors (Lipinski definition) is 0. The average molecular weight is 820 g/mol. The third-order valence-electron chi connectivity index (χ3n) is 15.5. The highest BCUT2D eigenvalue weighted by Gasteiger charge is 2.52. The first-order valence-electron chi connectivity index (χ1n) is 23.0. The van der Waals surface area contributed by atoms with Crippen LogP contribution in [0.25, 0.3) is 61.2 Å². The predicted octanol–water partition coefficient (Wildman–Crippen LogP) is 16.2. The van der Waals surface area contributed by atoms with Crippen LogP contribution in [0.1, 0.15) is 83.7 Å². The second-order valence-corrected chi connectivity index (χ2v) is 18.9. The Labute approximate surface area is 374 Å². The molecular weight excluding hydrogens is 775 g/mol. The summed E-state index contributed by atoms with van der Waals surface area (Å²) in [4.78, 5) is 2.68. The first-order valence-corrected chi connectivity index (χ1v) is 23.0. The number of hydrogen-bond acceptors (Lipinski definition) is 2. The van der Waals surface area contributed by atoms with Crippen LogP contribution in [0.3, 0.4) is 0 Å². The van der Waals surface area contributed by atoms with Crippen molar-refractivity contribution in [2.45, 2.75) is 49.9 Å². The van der Waals surface area contributed by atoms with E-state index in [2.05, 4.69) is 213 Å². The molecule has 1 aromatic heterocycles. The van der Waals surface area contributed by atoms with Crippen LogP contribution >= 0.6 is 0 Å². The molecular formula is C62H45NO. The molecule has 2 heteroatoms. The van der Waals surface area contributed by atoms with Crippen LogP contribution in [-0.4, -0.2) is 0 Å². The van der Waals surface area contributed by atoms with Gasteiger partial charge in [-0.15, -0.1) is 0 Å². The molecule has 0 bridgehead atoms. The molecule has 0 saturated heterocycles. The molecule has 0 fully saturated rings. The highest BCUT2D eigenvalue weighted by Crippen LogP contribution is 2.64. The maximum absolute atomic E-state index is 7.15. The second kappa shape index (κ2) is 13.1. The summed E-state index contributed by atoms with van der Waals surface area (Å²) in [5.74, 6) is 1.12. The number of rotatable bonds is 4. The third-order valence-corrected chi connectivity index (χ3v) is 15.5. The fourth-order valence-corrected chi connectivity index (χ4v) is 12.8. The largest absolute Gasteiger partial charge is 0.459 e. The molecule has 14 rings (SSSR count). The van der Waals surface area contributed by atoms with Gasteiger partial charge in [0.05, 0.1) is 11.1 Å². The molecule has 1 spiro atoms. The minimum absolute atomic E-state index is 0.0549. The summed E-state index contributed by atoms with van der Waals surface area (Å²) >= 11 is 0. The summed E-state index contributed by atoms with van der Waals surface area (Å²) in [6.45, 7) is 4.79. The quantitative estimate of drug-likeness (QED) is 0.176. The van der Waals surface area contributed by atoms with E-state index in [0.717, 1.165) is 30.6 Å². The fourth-order valence-electron chi connectivity index (χ4n) is 12.8. The SMILES string of the molecule is CC1(C)c2ccccc2-c2c(N(C3=C(C4CC=Cc5c4oc4c5ccc5ccccc54)C=CCC3)c3ccc4c(c3)C3(c5ccccc5-c5ccccc53)c3ccccc3-4)cccc21. The molecule has 0 saturated carbocycles. The van der Waals surface area contributed by atoms with Gasteiger partial charge in [-0.3, -0.25) is 0 Å². The van der Waals surface area contributed by atoms with Gasteiger partial charge in [0, 0.05) is 44.6 Å². The van der Waals surface area contributed by atoms with Crippen LogP contribution in [0.2, 0.25) is 0 Å². The molecule has 5 aliphatic rings. The third kappa shape index (κ3) is 4.60. The van der Waals surface area contributed by atoms with Gasteiger partial charge in [0.15, 0.2) is 0 Å². The maximum atomic E-state index is 7.15. The predicted molar refractivity (Wildman–Crippen MR) is 264 cm³/mol. The zero-order chi connectivity index (χ0) is 42.3. The zero-order valence-electron chi connectivity index (χ0n) is 36.0. The van der Waals surface area contributed by atoms with Gasteiger partial charge in [0.25, 0.3) is 0 Å². The van der Waals surface area contributed by atoms with E-state index >= 15 is 0 Å². The van der Waals surface area contributed by atoms with Crippen LogP contribution in [0.5, 0.6) is 0 Å². The molecule has 0 aliphatic heterocycles. The molecule has 9 aromatic rings. The summed E-state index contributed by atoms with van der Waals surface area (Å²) in [6, 6.07) is 64.1. The van der Waals surface area contributed by atoms with Crippen LogP contribution in [0, 0.1) is 0 Å². The molecule has 1 unspecified atom stereocenters. The topological polar surface area (TPSA) is 16.4 Å². The monoisotopic (exact) mass is 819 g/mol. The Morgan fingerprint density at radius 3 is 1.92 bits per heavy atom. The molecule has 0 N–H and O–H groups in total. The molecule has 1 atom stereocenters. The Kier molecular flexibility index (Phi) is 7.37. The number of benzene rings is 8. The number of allylic oxidation sites excluding steroid dienone is 5. The van der Waals surface area contributed by atoms with Crippen molar-refractivity contribution in [2.24, 2.45) is 0 Å². The van der Waals surface area contributed by atoms with E-state index in [0.29, 0.717) is 0 Å². The minimum Gasteiger partial charge on any atom is -0.459 e. The zero-order valence-corrected chi connectivity index (χ0v) is 36.0. The smallest absolute Gasteiger partial charge is 0.142 e. The Hall–Kier alpha value is -7.42. The molecule has 5 aliphatic carbocycles. The van der Waals surface area contributed by atoms with E-state index in [4.69, 9.17) is 4.42 Å². The fraction of sp³-hybridized carbons (Fsp3) is 0.129. The molecule has 1 heterocycles. The number of anilines is 2. The van der Waals surface area contributed by atoms with E-state index in [1.54, 1.807) is 0 Å². The van der Waals surface area contributed by atoms with Crippen molar-refractivity contribution in [3.63, 3.8) is 0 Å². The molecule has 2 nitrogen and oxygen atoms in total. The summed E-state index contributed by atoms with van der Waals surface area (Å²) in [5.41, 5.74) is 22.8. The summed E-state index contributed by atoms with van der Waals surface area (Å²) < 4.78 is 7.15. The van der Waals surface area contributed by atoms with Gasteiger partial charge in [-0.05, 0) is 116 Å². The first kappa shape index (κ1) is 36.1. The van der Waals surface area contributed by atoms with Crippen LogP contribution in [0.4, 0.5) is 11.4 Å². The lowest BCUT2D eigenvalue weighted by molar-refractivity contribution is 0.515. The first-order chi connectivity index (χ1) is 31.5. The van der Waals surface area contributed by atoms with Crippen molar-refractivity contribution in [1.29, 1.82) is 0 Å². The Bertz CT molecular complexity index is 3520. The highest BCUT2D eigenvalue weighted by atomic mass is 16.3. The van der Waals surface area contributed by atoms with Crippen LogP contribution < -0.4 is 4.90 Å². The van der Waals surface area contributed by atoms with Gasteiger partial charge in [0.2, 0.25) is 0 Å². The number of furan rings is 1. The Morgan fingerprint density at radius 2 is 1.17 bits per heavy atom. The van der Waals surface area contributed by atoms with Crippen molar-refractivity contribution >= 4 is 39.2 Å². The van der Waals surface area contributed by atoms with Crippen LogP contribution in [0.15, 0.2) is 204 Å². The summed E-state index contributed by atoms with van der Waals surface area (Å²) in [6.07, 6.45) is 12.2. The number of nitrogens with zero attached hydrogens (tertiary/aromatic N) is 1. The van der Waals surface area contributed by atoms with Crippen molar-refractivity contribution in [3.8, 4) is 33.4 Å². The van der Waals surface area contributed by atoms with Gasteiger partial charge in [-0.25, -0.2) is 0 Å². The molecule has 0 radical (unpaired) electrons. The van der Waals surface area contributed by atoms with E-state index in [1.165, 1.54) is 111 Å². The summed E-state index contributed by atoms with van der Waals surface area (Å²) in [7, 11) is 0. The van der Waals surface area contributed by atoms with Gasteiger partial charge in [-0.2, -0.15) is 0 Å². The van der Waals surface area contributed by atoms with Gasteiger partial charge >= 0.3 is 0 Å². The van der Waals surface area contributed by atoms with Gasteiger partial charge in [-0.1, -0.05) is 184 Å². The molecule has 0 amide bonds. The van der Waals surface area contributed by atoms with Gasteiger partial charge in [0.1, 0.15) is 11.3 Å². The lowest BCUT2D eigenvalue weighted by Gasteiger charge is -2.36. The van der Waals surface area contributed by atoms with Crippen molar-refractivity contribution in [1.82, 2.24) is 0 Å². The van der Waals surface area contributed by atoms with E-state index in [-0.39, 0.29) is 11.3 Å². The highest BCUT2D eigenvalue weighted by molar-refractivity contribution is 6.08.